The Morgan fingerprint density at radius 2 is 1.96 bits per heavy atom. The SMILES string of the molecule is O=C1C=C(C2CCNCC2)N2NCC(c3nnc(Cc4ccccc4)o3)C2N1. The number of hydrogen-bond donors (Lipinski definition) is 3. The first kappa shape index (κ1) is 17.4. The summed E-state index contributed by atoms with van der Waals surface area (Å²) in [6, 6.07) is 10.1. The summed E-state index contributed by atoms with van der Waals surface area (Å²) >= 11 is 0. The molecular weight excluding hydrogens is 356 g/mol. The molecule has 2 atom stereocenters. The molecule has 2 fully saturated rings. The van der Waals surface area contributed by atoms with E-state index in [-0.39, 0.29) is 18.0 Å². The highest BCUT2D eigenvalue weighted by atomic mass is 16.4. The van der Waals surface area contributed by atoms with E-state index in [1.165, 1.54) is 0 Å². The Morgan fingerprint density at radius 1 is 1.14 bits per heavy atom. The van der Waals surface area contributed by atoms with E-state index in [4.69, 9.17) is 4.42 Å². The van der Waals surface area contributed by atoms with Crippen molar-refractivity contribution in [1.82, 2.24) is 31.3 Å². The molecule has 5 rings (SSSR count). The van der Waals surface area contributed by atoms with Crippen LogP contribution in [0.4, 0.5) is 0 Å². The second-order valence-electron chi connectivity index (χ2n) is 7.58. The van der Waals surface area contributed by atoms with E-state index in [1.54, 1.807) is 6.08 Å². The molecule has 0 radical (unpaired) electrons. The number of allylic oxidation sites excluding steroid dienone is 1. The summed E-state index contributed by atoms with van der Waals surface area (Å²) in [4.78, 5) is 12.4. The molecule has 8 heteroatoms. The van der Waals surface area contributed by atoms with Crippen LogP contribution in [0.25, 0.3) is 0 Å². The van der Waals surface area contributed by atoms with Crippen molar-refractivity contribution >= 4 is 5.91 Å². The molecule has 1 aromatic carbocycles. The van der Waals surface area contributed by atoms with Gasteiger partial charge in [-0.05, 0) is 31.5 Å². The predicted octanol–water partition coefficient (Wildman–Crippen LogP) is 0.904. The van der Waals surface area contributed by atoms with Crippen molar-refractivity contribution in [2.45, 2.75) is 31.3 Å². The third-order valence-corrected chi connectivity index (χ3v) is 5.74. The summed E-state index contributed by atoms with van der Waals surface area (Å²) in [6.07, 6.45) is 4.21. The highest BCUT2D eigenvalue weighted by Gasteiger charge is 2.44. The van der Waals surface area contributed by atoms with Gasteiger partial charge in [0.05, 0.1) is 12.3 Å². The van der Waals surface area contributed by atoms with Crippen LogP contribution in [0.5, 0.6) is 0 Å². The molecule has 1 aromatic heterocycles. The van der Waals surface area contributed by atoms with E-state index in [2.05, 4.69) is 31.3 Å². The largest absolute Gasteiger partial charge is 0.424 e. The molecule has 8 nitrogen and oxygen atoms in total. The Morgan fingerprint density at radius 3 is 2.79 bits per heavy atom. The van der Waals surface area contributed by atoms with Gasteiger partial charge in [-0.3, -0.25) is 9.80 Å². The Balaban J connectivity index is 1.34. The van der Waals surface area contributed by atoms with Crippen molar-refractivity contribution in [3.8, 4) is 0 Å². The maximum Gasteiger partial charge on any atom is 0.247 e. The predicted molar refractivity (Wildman–Crippen MR) is 102 cm³/mol. The number of nitrogens with zero attached hydrogens (tertiary/aromatic N) is 3. The molecule has 3 aliphatic rings. The number of nitrogens with one attached hydrogen (secondary N) is 3. The lowest BCUT2D eigenvalue weighted by Gasteiger charge is -2.38. The van der Waals surface area contributed by atoms with Crippen molar-refractivity contribution in [3.05, 3.63) is 59.4 Å². The van der Waals surface area contributed by atoms with Gasteiger partial charge < -0.3 is 15.1 Å². The summed E-state index contributed by atoms with van der Waals surface area (Å²) in [5, 5.41) is 17.0. The topological polar surface area (TPSA) is 95.3 Å². The van der Waals surface area contributed by atoms with Crippen LogP contribution in [0.1, 0.15) is 36.1 Å². The second-order valence-corrected chi connectivity index (χ2v) is 7.58. The number of carbonyl (C=O) groups is 1. The van der Waals surface area contributed by atoms with E-state index >= 15 is 0 Å². The Bertz CT molecular complexity index is 874. The molecule has 0 aliphatic carbocycles. The van der Waals surface area contributed by atoms with Gasteiger partial charge in [-0.1, -0.05) is 30.3 Å². The normalized spacial score (nSPS) is 25.4. The van der Waals surface area contributed by atoms with Crippen LogP contribution in [-0.2, 0) is 11.2 Å². The van der Waals surface area contributed by atoms with Gasteiger partial charge in [-0.25, -0.2) is 5.43 Å². The summed E-state index contributed by atoms with van der Waals surface area (Å²) in [7, 11) is 0. The van der Waals surface area contributed by atoms with Crippen molar-refractivity contribution in [1.29, 1.82) is 0 Å². The first-order chi connectivity index (χ1) is 13.8. The van der Waals surface area contributed by atoms with Crippen LogP contribution in [0, 0.1) is 5.92 Å². The van der Waals surface area contributed by atoms with Crippen LogP contribution in [0.15, 0.2) is 46.5 Å². The Hall–Kier alpha value is -2.71. The molecule has 0 bridgehead atoms. The quantitative estimate of drug-likeness (QED) is 0.725. The molecule has 3 aliphatic heterocycles. The van der Waals surface area contributed by atoms with Crippen LogP contribution < -0.4 is 16.1 Å². The lowest BCUT2D eigenvalue weighted by atomic mass is 9.92. The molecule has 3 N–H and O–H groups in total. The highest BCUT2D eigenvalue weighted by molar-refractivity contribution is 5.89. The van der Waals surface area contributed by atoms with Gasteiger partial charge in [0.2, 0.25) is 17.7 Å². The van der Waals surface area contributed by atoms with Gasteiger partial charge in [-0.15, -0.1) is 10.2 Å². The molecule has 28 heavy (non-hydrogen) atoms. The van der Waals surface area contributed by atoms with E-state index in [0.717, 1.165) is 37.2 Å². The minimum atomic E-state index is -0.201. The number of amides is 1. The lowest BCUT2D eigenvalue weighted by molar-refractivity contribution is -0.119. The zero-order chi connectivity index (χ0) is 18.9. The number of hydrogen-bond acceptors (Lipinski definition) is 7. The van der Waals surface area contributed by atoms with Crippen LogP contribution >= 0.6 is 0 Å². The molecule has 2 unspecified atom stereocenters. The van der Waals surface area contributed by atoms with Crippen molar-refractivity contribution < 1.29 is 9.21 Å². The highest BCUT2D eigenvalue weighted by Crippen LogP contribution is 2.34. The lowest BCUT2D eigenvalue weighted by Crippen LogP contribution is -2.53. The molecule has 146 valence electrons. The Kier molecular flexibility index (Phi) is 4.58. The summed E-state index contributed by atoms with van der Waals surface area (Å²) in [6.45, 7) is 2.62. The van der Waals surface area contributed by atoms with Crippen LogP contribution in [0.2, 0.25) is 0 Å². The van der Waals surface area contributed by atoms with E-state index in [1.807, 2.05) is 30.3 Å². The van der Waals surface area contributed by atoms with Gasteiger partial charge in [0.15, 0.2) is 0 Å². The third-order valence-electron chi connectivity index (χ3n) is 5.74. The van der Waals surface area contributed by atoms with E-state index in [9.17, 15) is 4.79 Å². The Labute approximate surface area is 163 Å². The molecule has 4 heterocycles. The molecule has 0 saturated carbocycles. The fraction of sp³-hybridized carbons (Fsp3) is 0.450. The van der Waals surface area contributed by atoms with Gasteiger partial charge in [-0.2, -0.15) is 0 Å². The first-order valence-corrected chi connectivity index (χ1v) is 9.89. The van der Waals surface area contributed by atoms with Crippen molar-refractivity contribution in [2.24, 2.45) is 5.92 Å². The average Bonchev–Trinajstić information content (AvgIpc) is 3.35. The summed E-state index contributed by atoms with van der Waals surface area (Å²) in [5.41, 5.74) is 5.64. The standard InChI is InChI=1S/C20H24N6O2/c27-17-11-16(14-6-8-21-9-7-14)26-19(23-17)15(12-22-26)20-25-24-18(28-20)10-13-4-2-1-3-5-13/h1-5,11,14-15,19,21-22H,6-10,12H2,(H,23,27). The molecule has 2 saturated heterocycles. The zero-order valence-electron chi connectivity index (χ0n) is 15.6. The fourth-order valence-corrected chi connectivity index (χ4v) is 4.31. The van der Waals surface area contributed by atoms with Gasteiger partial charge in [0.25, 0.3) is 0 Å². The van der Waals surface area contributed by atoms with Crippen molar-refractivity contribution in [2.75, 3.05) is 19.6 Å². The number of piperidine rings is 1. The zero-order valence-corrected chi connectivity index (χ0v) is 15.6. The van der Waals surface area contributed by atoms with Gasteiger partial charge >= 0.3 is 0 Å². The number of rotatable bonds is 4. The second kappa shape index (κ2) is 7.37. The third kappa shape index (κ3) is 3.29. The smallest absolute Gasteiger partial charge is 0.247 e. The fourth-order valence-electron chi connectivity index (χ4n) is 4.31. The number of carbonyl (C=O) groups excluding carboxylic acids is 1. The monoisotopic (exact) mass is 380 g/mol. The van der Waals surface area contributed by atoms with Crippen molar-refractivity contribution in [3.63, 3.8) is 0 Å². The first-order valence-electron chi connectivity index (χ1n) is 9.89. The maximum absolute atomic E-state index is 12.4. The molecular formula is C20H24N6O2. The minimum absolute atomic E-state index is 0.0486. The molecule has 0 spiro atoms. The number of benzene rings is 1. The summed E-state index contributed by atoms with van der Waals surface area (Å²) < 4.78 is 5.97. The van der Waals surface area contributed by atoms with E-state index in [0.29, 0.717) is 30.7 Å². The van der Waals surface area contributed by atoms with Gasteiger partial charge in [0.1, 0.15) is 6.17 Å². The summed E-state index contributed by atoms with van der Waals surface area (Å²) in [5.74, 6) is 1.42. The average molecular weight is 380 g/mol. The molecule has 1 amide bonds. The van der Waals surface area contributed by atoms with E-state index < -0.39 is 0 Å². The van der Waals surface area contributed by atoms with Gasteiger partial charge in [0, 0.05) is 24.2 Å². The van der Waals surface area contributed by atoms with Crippen LogP contribution in [-0.4, -0.2) is 46.9 Å². The van der Waals surface area contributed by atoms with Crippen LogP contribution in [0.3, 0.4) is 0 Å². The maximum atomic E-state index is 12.4. The number of aromatic nitrogens is 2. The number of hydrazine groups is 1. The minimum Gasteiger partial charge on any atom is -0.424 e. The molecule has 2 aromatic rings. The number of fused-ring (bicyclic) bond motifs is 1.